The molecule has 1 saturated heterocycles. The molecule has 0 radical (unpaired) electrons. The van der Waals surface area contributed by atoms with Crippen molar-refractivity contribution in [2.24, 2.45) is 11.7 Å². The van der Waals surface area contributed by atoms with Crippen LogP contribution in [0.4, 0.5) is 5.69 Å². The van der Waals surface area contributed by atoms with E-state index in [1.165, 1.54) is 16.4 Å². The van der Waals surface area contributed by atoms with E-state index in [0.717, 1.165) is 0 Å². The third-order valence-electron chi connectivity index (χ3n) is 3.69. The number of primary amides is 1. The Hall–Kier alpha value is -1.60. The zero-order valence-electron chi connectivity index (χ0n) is 11.3. The summed E-state index contributed by atoms with van der Waals surface area (Å²) in [7, 11) is -3.65. The molecule has 6 nitrogen and oxygen atoms in total. The number of nitrogens with two attached hydrogens (primary N) is 2. The molecular formula is C13H19N3O3S. The van der Waals surface area contributed by atoms with E-state index in [1.807, 2.05) is 6.92 Å². The molecular weight excluding hydrogens is 278 g/mol. The summed E-state index contributed by atoms with van der Waals surface area (Å²) < 4.78 is 26.6. The van der Waals surface area contributed by atoms with Crippen molar-refractivity contribution in [1.82, 2.24) is 4.31 Å². The van der Waals surface area contributed by atoms with Crippen molar-refractivity contribution >= 4 is 21.6 Å². The number of nitrogen functional groups attached to an aromatic ring is 1. The van der Waals surface area contributed by atoms with Gasteiger partial charge in [-0.25, -0.2) is 8.42 Å². The first-order chi connectivity index (χ1) is 9.32. The van der Waals surface area contributed by atoms with Crippen LogP contribution in [0.25, 0.3) is 0 Å². The fourth-order valence-corrected chi connectivity index (χ4v) is 4.21. The number of anilines is 1. The third-order valence-corrected chi connectivity index (χ3v) is 5.67. The molecule has 4 N–H and O–H groups in total. The van der Waals surface area contributed by atoms with Gasteiger partial charge in [-0.3, -0.25) is 4.79 Å². The van der Waals surface area contributed by atoms with Gasteiger partial charge in [0.25, 0.3) is 0 Å². The molecule has 2 rings (SSSR count). The van der Waals surface area contributed by atoms with E-state index in [4.69, 9.17) is 11.5 Å². The van der Waals surface area contributed by atoms with Crippen molar-refractivity contribution in [1.29, 1.82) is 0 Å². The Morgan fingerprint density at radius 2 is 2.05 bits per heavy atom. The van der Waals surface area contributed by atoms with Gasteiger partial charge in [0.1, 0.15) is 0 Å². The third kappa shape index (κ3) is 2.78. The molecule has 0 bridgehead atoms. The average Bonchev–Trinajstić information content (AvgIpc) is 2.38. The van der Waals surface area contributed by atoms with Gasteiger partial charge in [-0.05, 0) is 38.0 Å². The first kappa shape index (κ1) is 14.8. The standard InChI is InChI=1S/C13H19N3O3S/c1-9-5-6-10(13(15)17)8-16(9)20(18,19)12-4-2-3-11(14)7-12/h2-4,7,9-10H,5-6,8,14H2,1H3,(H2,15,17). The number of carbonyl (C=O) groups excluding carboxylic acids is 1. The number of nitrogens with zero attached hydrogens (tertiary/aromatic N) is 1. The smallest absolute Gasteiger partial charge is 0.243 e. The number of piperidine rings is 1. The van der Waals surface area contributed by atoms with E-state index in [-0.39, 0.29) is 17.5 Å². The number of amides is 1. The van der Waals surface area contributed by atoms with Gasteiger partial charge >= 0.3 is 0 Å². The lowest BCUT2D eigenvalue weighted by Gasteiger charge is -2.35. The predicted octanol–water partition coefficient (Wildman–Crippen LogP) is 0.543. The van der Waals surface area contributed by atoms with Crippen LogP contribution in [0.5, 0.6) is 0 Å². The molecule has 7 heteroatoms. The summed E-state index contributed by atoms with van der Waals surface area (Å²) in [6.07, 6.45) is 1.24. The highest BCUT2D eigenvalue weighted by molar-refractivity contribution is 7.89. The molecule has 2 atom stereocenters. The largest absolute Gasteiger partial charge is 0.399 e. The number of hydrogen-bond donors (Lipinski definition) is 2. The quantitative estimate of drug-likeness (QED) is 0.794. The topological polar surface area (TPSA) is 106 Å². The summed E-state index contributed by atoms with van der Waals surface area (Å²) in [6, 6.07) is 6.01. The second-order valence-corrected chi connectivity index (χ2v) is 7.06. The number of carbonyl (C=O) groups is 1. The molecule has 0 saturated carbocycles. The Morgan fingerprint density at radius 3 is 2.65 bits per heavy atom. The Kier molecular flexibility index (Phi) is 4.01. The Balaban J connectivity index is 2.34. The second kappa shape index (κ2) is 5.41. The molecule has 20 heavy (non-hydrogen) atoms. The summed E-state index contributed by atoms with van der Waals surface area (Å²) in [6.45, 7) is 1.97. The minimum Gasteiger partial charge on any atom is -0.399 e. The number of benzene rings is 1. The highest BCUT2D eigenvalue weighted by atomic mass is 32.2. The summed E-state index contributed by atoms with van der Waals surface area (Å²) in [5, 5.41) is 0. The van der Waals surface area contributed by atoms with Crippen LogP contribution in [-0.2, 0) is 14.8 Å². The van der Waals surface area contributed by atoms with Crippen LogP contribution in [0.1, 0.15) is 19.8 Å². The van der Waals surface area contributed by atoms with E-state index in [9.17, 15) is 13.2 Å². The summed E-state index contributed by atoms with van der Waals surface area (Å²) >= 11 is 0. The summed E-state index contributed by atoms with van der Waals surface area (Å²) in [4.78, 5) is 11.5. The first-order valence-corrected chi connectivity index (χ1v) is 7.93. The maximum Gasteiger partial charge on any atom is 0.243 e. The van der Waals surface area contributed by atoms with Crippen molar-refractivity contribution in [2.45, 2.75) is 30.7 Å². The molecule has 2 unspecified atom stereocenters. The number of hydrogen-bond acceptors (Lipinski definition) is 4. The van der Waals surface area contributed by atoms with E-state index in [1.54, 1.807) is 12.1 Å². The van der Waals surface area contributed by atoms with Crippen LogP contribution >= 0.6 is 0 Å². The average molecular weight is 297 g/mol. The highest BCUT2D eigenvalue weighted by Gasteiger charge is 2.36. The Bertz CT molecular complexity index is 615. The lowest BCUT2D eigenvalue weighted by molar-refractivity contribution is -0.123. The van der Waals surface area contributed by atoms with Crippen molar-refractivity contribution in [3.05, 3.63) is 24.3 Å². The molecule has 110 valence electrons. The number of sulfonamides is 1. The van der Waals surface area contributed by atoms with Gasteiger partial charge in [0, 0.05) is 18.3 Å². The van der Waals surface area contributed by atoms with Gasteiger partial charge in [0.05, 0.1) is 10.8 Å². The zero-order valence-corrected chi connectivity index (χ0v) is 12.1. The molecule has 1 aliphatic rings. The van der Waals surface area contributed by atoms with Crippen LogP contribution in [0.15, 0.2) is 29.2 Å². The molecule has 0 aromatic heterocycles. The van der Waals surface area contributed by atoms with E-state index < -0.39 is 21.8 Å². The minimum absolute atomic E-state index is 0.133. The van der Waals surface area contributed by atoms with Crippen LogP contribution < -0.4 is 11.5 Å². The lowest BCUT2D eigenvalue weighted by atomic mass is 9.95. The molecule has 1 heterocycles. The van der Waals surface area contributed by atoms with Gasteiger partial charge < -0.3 is 11.5 Å². The minimum atomic E-state index is -3.65. The van der Waals surface area contributed by atoms with Crippen LogP contribution in [0.2, 0.25) is 0 Å². The molecule has 1 aliphatic heterocycles. The molecule has 1 fully saturated rings. The maximum absolute atomic E-state index is 12.6. The van der Waals surface area contributed by atoms with E-state index in [2.05, 4.69) is 0 Å². The Labute approximate surface area is 118 Å². The van der Waals surface area contributed by atoms with Gasteiger partial charge in [0.15, 0.2) is 0 Å². The van der Waals surface area contributed by atoms with Gasteiger partial charge in [0.2, 0.25) is 15.9 Å². The maximum atomic E-state index is 12.6. The van der Waals surface area contributed by atoms with Crippen molar-refractivity contribution in [3.8, 4) is 0 Å². The second-order valence-electron chi connectivity index (χ2n) is 5.17. The SMILES string of the molecule is CC1CCC(C(N)=O)CN1S(=O)(=O)c1cccc(N)c1. The lowest BCUT2D eigenvalue weighted by Crippen LogP contribution is -2.48. The highest BCUT2D eigenvalue weighted by Crippen LogP contribution is 2.28. The van der Waals surface area contributed by atoms with E-state index >= 15 is 0 Å². The Morgan fingerprint density at radius 1 is 1.35 bits per heavy atom. The summed E-state index contributed by atoms with van der Waals surface area (Å²) in [5.74, 6) is -0.883. The molecule has 0 aliphatic carbocycles. The normalized spacial score (nSPS) is 24.4. The zero-order chi connectivity index (χ0) is 14.9. The van der Waals surface area contributed by atoms with Crippen molar-refractivity contribution in [2.75, 3.05) is 12.3 Å². The van der Waals surface area contributed by atoms with Gasteiger partial charge in [-0.1, -0.05) is 6.07 Å². The van der Waals surface area contributed by atoms with Crippen LogP contribution in [-0.4, -0.2) is 31.2 Å². The van der Waals surface area contributed by atoms with Gasteiger partial charge in [-0.15, -0.1) is 0 Å². The van der Waals surface area contributed by atoms with Crippen molar-refractivity contribution in [3.63, 3.8) is 0 Å². The molecule has 1 aromatic rings. The van der Waals surface area contributed by atoms with Crippen LogP contribution in [0.3, 0.4) is 0 Å². The fourth-order valence-electron chi connectivity index (χ4n) is 2.45. The predicted molar refractivity (Wildman–Crippen MR) is 76.1 cm³/mol. The van der Waals surface area contributed by atoms with E-state index in [0.29, 0.717) is 18.5 Å². The van der Waals surface area contributed by atoms with Crippen molar-refractivity contribution < 1.29 is 13.2 Å². The summed E-state index contributed by atoms with van der Waals surface area (Å²) in [5.41, 5.74) is 11.3. The molecule has 1 amide bonds. The van der Waals surface area contributed by atoms with Crippen LogP contribution in [0, 0.1) is 5.92 Å². The number of rotatable bonds is 3. The fraction of sp³-hybridized carbons (Fsp3) is 0.462. The molecule has 0 spiro atoms. The molecule has 1 aromatic carbocycles. The van der Waals surface area contributed by atoms with Gasteiger partial charge in [-0.2, -0.15) is 4.31 Å². The first-order valence-electron chi connectivity index (χ1n) is 6.49. The monoisotopic (exact) mass is 297 g/mol.